The molecular formula is C7H12N2O. The molecule has 0 heterocycles. The van der Waals surface area contributed by atoms with Gasteiger partial charge in [0.25, 0.3) is 0 Å². The lowest BCUT2D eigenvalue weighted by molar-refractivity contribution is -0.106. The Hall–Kier alpha value is -1.12. The van der Waals surface area contributed by atoms with E-state index in [4.69, 9.17) is 5.73 Å². The number of nitrogens with two attached hydrogens (primary N) is 1. The number of allylic oxidation sites excluding steroid dienone is 2. The summed E-state index contributed by atoms with van der Waals surface area (Å²) >= 11 is 0. The quantitative estimate of drug-likeness (QED) is 0.458. The Morgan fingerprint density at radius 3 is 2.60 bits per heavy atom. The fourth-order valence-corrected chi connectivity index (χ4v) is 0.556. The molecule has 0 radical (unpaired) electrons. The van der Waals surface area contributed by atoms with Crippen molar-refractivity contribution in [2.45, 2.75) is 13.8 Å². The second-order valence-corrected chi connectivity index (χ2v) is 2.04. The van der Waals surface area contributed by atoms with Crippen LogP contribution in [0.5, 0.6) is 0 Å². The van der Waals surface area contributed by atoms with Crippen LogP contribution in [0.3, 0.4) is 0 Å². The Morgan fingerprint density at radius 1 is 1.60 bits per heavy atom. The first-order chi connectivity index (χ1) is 4.66. The number of aldehydes is 1. The third-order valence-corrected chi connectivity index (χ3v) is 0.852. The van der Waals surface area contributed by atoms with E-state index in [2.05, 4.69) is 4.99 Å². The summed E-state index contributed by atoms with van der Waals surface area (Å²) in [6.45, 7) is 3.80. The van der Waals surface area contributed by atoms with Gasteiger partial charge in [-0.15, -0.1) is 0 Å². The third-order valence-electron chi connectivity index (χ3n) is 0.852. The highest BCUT2D eigenvalue weighted by Crippen LogP contribution is 1.84. The van der Waals surface area contributed by atoms with Gasteiger partial charge in [-0.2, -0.15) is 0 Å². The molecule has 0 spiro atoms. The van der Waals surface area contributed by atoms with Crippen LogP contribution >= 0.6 is 0 Å². The van der Waals surface area contributed by atoms with Crippen LogP contribution in [0.1, 0.15) is 13.8 Å². The van der Waals surface area contributed by atoms with Gasteiger partial charge in [0, 0.05) is 11.4 Å². The molecule has 0 fully saturated rings. The molecule has 10 heavy (non-hydrogen) atoms. The Kier molecular flexibility index (Phi) is 4.20. The summed E-state index contributed by atoms with van der Waals surface area (Å²) in [7, 11) is 0. The largest absolute Gasteiger partial charge is 0.402 e. The van der Waals surface area contributed by atoms with Gasteiger partial charge < -0.3 is 10.5 Å². The summed E-state index contributed by atoms with van der Waals surface area (Å²) in [4.78, 5) is 13.7. The molecular weight excluding hydrogens is 128 g/mol. The van der Waals surface area contributed by atoms with Crippen molar-refractivity contribution in [3.05, 3.63) is 11.8 Å². The van der Waals surface area contributed by atoms with E-state index in [1.165, 1.54) is 0 Å². The third kappa shape index (κ3) is 5.03. The zero-order valence-corrected chi connectivity index (χ0v) is 6.29. The molecule has 0 aromatic rings. The number of rotatable bonds is 3. The molecule has 0 aromatic carbocycles. The summed E-state index contributed by atoms with van der Waals surface area (Å²) in [6, 6.07) is 0. The minimum atomic E-state index is 0.218. The molecule has 0 aliphatic carbocycles. The second kappa shape index (κ2) is 4.73. The van der Waals surface area contributed by atoms with Gasteiger partial charge >= 0.3 is 0 Å². The van der Waals surface area contributed by atoms with Crippen molar-refractivity contribution in [1.82, 2.24) is 0 Å². The van der Waals surface area contributed by atoms with Crippen LogP contribution in [0.4, 0.5) is 0 Å². The molecule has 0 atom stereocenters. The molecule has 0 saturated heterocycles. The average Bonchev–Trinajstić information content (AvgIpc) is 1.82. The van der Waals surface area contributed by atoms with Crippen LogP contribution in [0.25, 0.3) is 0 Å². The number of hydrogen-bond donors (Lipinski definition) is 1. The Balaban J connectivity index is 3.94. The van der Waals surface area contributed by atoms with Crippen LogP contribution in [0.15, 0.2) is 16.8 Å². The van der Waals surface area contributed by atoms with Crippen LogP contribution in [-0.4, -0.2) is 18.5 Å². The normalized spacial score (nSPS) is 13.4. The van der Waals surface area contributed by atoms with Crippen molar-refractivity contribution in [3.63, 3.8) is 0 Å². The van der Waals surface area contributed by atoms with Crippen LogP contribution in [-0.2, 0) is 4.79 Å². The zero-order valence-electron chi connectivity index (χ0n) is 6.29. The van der Waals surface area contributed by atoms with Crippen LogP contribution in [0.2, 0.25) is 0 Å². The van der Waals surface area contributed by atoms with E-state index in [9.17, 15) is 4.79 Å². The fourth-order valence-electron chi connectivity index (χ4n) is 0.556. The van der Waals surface area contributed by atoms with E-state index in [1.54, 1.807) is 19.9 Å². The molecule has 0 unspecified atom stereocenters. The van der Waals surface area contributed by atoms with Gasteiger partial charge in [-0.05, 0) is 19.9 Å². The summed E-state index contributed by atoms with van der Waals surface area (Å²) in [6.07, 6.45) is 2.48. The van der Waals surface area contributed by atoms with Gasteiger partial charge in [0.15, 0.2) is 0 Å². The molecule has 56 valence electrons. The molecule has 0 aromatic heterocycles. The molecule has 0 saturated carbocycles. The lowest BCUT2D eigenvalue weighted by atomic mass is 10.3. The standard InChI is InChI=1S/C7H12N2O/c1-6(8)5-7(2)9-3-4-10/h4-5H,3,8H2,1-2H3. The Bertz CT molecular complexity index is 166. The first-order valence-electron chi connectivity index (χ1n) is 3.05. The highest BCUT2D eigenvalue weighted by Gasteiger charge is 1.83. The molecule has 2 N–H and O–H groups in total. The van der Waals surface area contributed by atoms with Crippen molar-refractivity contribution in [2.24, 2.45) is 10.7 Å². The monoisotopic (exact) mass is 140 g/mol. The number of hydrogen-bond acceptors (Lipinski definition) is 3. The SMILES string of the molecule is CC(N)=CC(C)=NCC=O. The Morgan fingerprint density at radius 2 is 2.20 bits per heavy atom. The average molecular weight is 140 g/mol. The van der Waals surface area contributed by atoms with Gasteiger partial charge in [0.2, 0.25) is 0 Å². The molecule has 0 rings (SSSR count). The second-order valence-electron chi connectivity index (χ2n) is 2.04. The molecule has 3 nitrogen and oxygen atoms in total. The van der Waals surface area contributed by atoms with Gasteiger partial charge in [0.05, 0.1) is 6.54 Å². The van der Waals surface area contributed by atoms with E-state index in [0.717, 1.165) is 12.0 Å². The maximum atomic E-state index is 9.84. The summed E-state index contributed by atoms with van der Waals surface area (Å²) in [5.41, 5.74) is 6.84. The molecule has 0 amide bonds. The van der Waals surface area contributed by atoms with Crippen molar-refractivity contribution >= 4 is 12.0 Å². The van der Waals surface area contributed by atoms with Crippen LogP contribution < -0.4 is 5.73 Å². The first kappa shape index (κ1) is 8.88. The van der Waals surface area contributed by atoms with E-state index in [1.807, 2.05) is 0 Å². The minimum Gasteiger partial charge on any atom is -0.402 e. The topological polar surface area (TPSA) is 55.4 Å². The molecule has 0 aliphatic heterocycles. The highest BCUT2D eigenvalue weighted by atomic mass is 16.1. The van der Waals surface area contributed by atoms with E-state index in [0.29, 0.717) is 5.70 Å². The zero-order chi connectivity index (χ0) is 7.98. The van der Waals surface area contributed by atoms with E-state index in [-0.39, 0.29) is 6.54 Å². The van der Waals surface area contributed by atoms with Crippen molar-refractivity contribution in [2.75, 3.05) is 6.54 Å². The summed E-state index contributed by atoms with van der Waals surface area (Å²) in [5, 5.41) is 0. The van der Waals surface area contributed by atoms with Gasteiger partial charge in [-0.3, -0.25) is 4.99 Å². The predicted molar refractivity (Wildman–Crippen MR) is 42.0 cm³/mol. The maximum absolute atomic E-state index is 9.84. The van der Waals surface area contributed by atoms with Crippen LogP contribution in [0, 0.1) is 0 Å². The fraction of sp³-hybridized carbons (Fsp3) is 0.429. The molecule has 0 aliphatic rings. The number of nitrogens with zero attached hydrogens (tertiary/aromatic N) is 1. The first-order valence-corrected chi connectivity index (χ1v) is 3.05. The Labute approximate surface area is 60.6 Å². The smallest absolute Gasteiger partial charge is 0.141 e. The van der Waals surface area contributed by atoms with Crippen molar-refractivity contribution < 1.29 is 4.79 Å². The van der Waals surface area contributed by atoms with Gasteiger partial charge in [-0.1, -0.05) is 0 Å². The number of carbonyl (C=O) groups is 1. The molecule has 3 heteroatoms. The lowest BCUT2D eigenvalue weighted by Gasteiger charge is -1.90. The minimum absolute atomic E-state index is 0.218. The van der Waals surface area contributed by atoms with Crippen molar-refractivity contribution in [1.29, 1.82) is 0 Å². The number of aliphatic imine (C=N–C) groups is 1. The molecule has 0 bridgehead atoms. The van der Waals surface area contributed by atoms with Gasteiger partial charge in [0.1, 0.15) is 6.29 Å². The van der Waals surface area contributed by atoms with E-state index >= 15 is 0 Å². The summed E-state index contributed by atoms with van der Waals surface area (Å²) < 4.78 is 0. The highest BCUT2D eigenvalue weighted by molar-refractivity contribution is 5.93. The lowest BCUT2D eigenvalue weighted by Crippen LogP contribution is -1.96. The van der Waals surface area contributed by atoms with E-state index < -0.39 is 0 Å². The number of carbonyl (C=O) groups excluding carboxylic acids is 1. The van der Waals surface area contributed by atoms with Crippen molar-refractivity contribution in [3.8, 4) is 0 Å². The predicted octanol–water partition coefficient (Wildman–Crippen LogP) is 0.509. The van der Waals surface area contributed by atoms with Gasteiger partial charge in [-0.25, -0.2) is 0 Å². The summed E-state index contributed by atoms with van der Waals surface area (Å²) in [5.74, 6) is 0. The maximum Gasteiger partial charge on any atom is 0.141 e.